The molecule has 3 aromatic heterocycles. The number of rotatable bonds is 3. The first-order valence-corrected chi connectivity index (χ1v) is 8.70. The average Bonchev–Trinajstić information content (AvgIpc) is 2.69. The second kappa shape index (κ2) is 6.95. The van der Waals surface area contributed by atoms with Gasteiger partial charge < -0.3 is 0 Å². The average molecular weight is 388 g/mol. The number of pyridine rings is 3. The molecule has 0 saturated heterocycles. The summed E-state index contributed by atoms with van der Waals surface area (Å²) < 4.78 is 0.971. The van der Waals surface area contributed by atoms with Crippen LogP contribution < -0.4 is 0 Å². The summed E-state index contributed by atoms with van der Waals surface area (Å²) >= 11 is 3.51. The lowest BCUT2D eigenvalue weighted by molar-refractivity contribution is 1.23. The second-order valence-electron chi connectivity index (χ2n) is 5.52. The second-order valence-corrected chi connectivity index (χ2v) is 6.44. The van der Waals surface area contributed by atoms with Crippen LogP contribution in [0, 0.1) is 0 Å². The highest BCUT2D eigenvalue weighted by atomic mass is 79.9. The maximum absolute atomic E-state index is 4.65. The molecule has 0 aliphatic heterocycles. The monoisotopic (exact) mass is 387 g/mol. The topological polar surface area (TPSA) is 38.7 Å². The minimum atomic E-state index is 0.814. The van der Waals surface area contributed by atoms with E-state index in [9.17, 15) is 0 Å². The van der Waals surface area contributed by atoms with Crippen LogP contribution in [0.4, 0.5) is 0 Å². The van der Waals surface area contributed by atoms with Crippen molar-refractivity contribution in [3.8, 4) is 33.8 Å². The van der Waals surface area contributed by atoms with Crippen molar-refractivity contribution in [2.75, 3.05) is 0 Å². The number of nitrogens with zero attached hydrogens (tertiary/aromatic N) is 3. The molecule has 0 fully saturated rings. The van der Waals surface area contributed by atoms with Crippen molar-refractivity contribution in [3.63, 3.8) is 0 Å². The van der Waals surface area contributed by atoms with Crippen LogP contribution in [0.25, 0.3) is 33.8 Å². The molecule has 4 rings (SSSR count). The fourth-order valence-corrected chi connectivity index (χ4v) is 3.14. The van der Waals surface area contributed by atoms with E-state index in [1.54, 1.807) is 12.4 Å². The molecule has 120 valence electrons. The third kappa shape index (κ3) is 3.21. The van der Waals surface area contributed by atoms with Crippen LogP contribution in [0.2, 0.25) is 0 Å². The number of benzene rings is 1. The van der Waals surface area contributed by atoms with Crippen LogP contribution in [0.3, 0.4) is 0 Å². The van der Waals surface area contributed by atoms with E-state index < -0.39 is 0 Å². The predicted octanol–water partition coefficient (Wildman–Crippen LogP) is 5.64. The van der Waals surface area contributed by atoms with E-state index in [1.165, 1.54) is 0 Å². The summed E-state index contributed by atoms with van der Waals surface area (Å²) in [5.41, 5.74) is 5.70. The minimum absolute atomic E-state index is 0.814. The van der Waals surface area contributed by atoms with Crippen molar-refractivity contribution in [1.29, 1.82) is 0 Å². The molecule has 3 heterocycles. The van der Waals surface area contributed by atoms with Crippen molar-refractivity contribution in [2.24, 2.45) is 0 Å². The van der Waals surface area contributed by atoms with E-state index in [-0.39, 0.29) is 0 Å². The molecule has 4 heteroatoms. The smallest absolute Gasteiger partial charge is 0.0980 e. The van der Waals surface area contributed by atoms with Gasteiger partial charge in [0.15, 0.2) is 0 Å². The molecule has 0 N–H and O–H groups in total. The first kappa shape index (κ1) is 15.7. The highest BCUT2D eigenvalue weighted by molar-refractivity contribution is 9.10. The Balaban J connectivity index is 1.93. The summed E-state index contributed by atoms with van der Waals surface area (Å²) in [4.78, 5) is 13.7. The van der Waals surface area contributed by atoms with Crippen LogP contribution >= 0.6 is 15.9 Å². The zero-order valence-corrected chi connectivity index (χ0v) is 14.9. The summed E-state index contributed by atoms with van der Waals surface area (Å²) in [5.74, 6) is 0. The van der Waals surface area contributed by atoms with Crippen LogP contribution in [-0.4, -0.2) is 15.0 Å². The largest absolute Gasteiger partial charge is 0.256 e. The molecule has 0 atom stereocenters. The summed E-state index contributed by atoms with van der Waals surface area (Å²) in [5, 5.41) is 0. The molecule has 0 amide bonds. The number of hydrogen-bond acceptors (Lipinski definition) is 3. The van der Waals surface area contributed by atoms with Crippen LogP contribution in [-0.2, 0) is 0 Å². The van der Waals surface area contributed by atoms with Crippen LogP contribution in [0.1, 0.15) is 0 Å². The van der Waals surface area contributed by atoms with Gasteiger partial charge in [0, 0.05) is 34.2 Å². The van der Waals surface area contributed by atoms with Crippen LogP contribution in [0.15, 0.2) is 89.8 Å². The van der Waals surface area contributed by atoms with Gasteiger partial charge in [-0.2, -0.15) is 0 Å². The Labute approximate surface area is 154 Å². The molecule has 25 heavy (non-hydrogen) atoms. The van der Waals surface area contributed by atoms with Gasteiger partial charge >= 0.3 is 0 Å². The van der Waals surface area contributed by atoms with E-state index in [0.29, 0.717) is 0 Å². The normalized spacial score (nSPS) is 10.6. The molecule has 0 spiro atoms. The molecule has 0 aliphatic rings. The van der Waals surface area contributed by atoms with Crippen LogP contribution in [0.5, 0.6) is 0 Å². The zero-order valence-electron chi connectivity index (χ0n) is 13.3. The predicted molar refractivity (Wildman–Crippen MR) is 104 cm³/mol. The molecule has 1 aromatic carbocycles. The number of aromatic nitrogens is 3. The summed E-state index contributed by atoms with van der Waals surface area (Å²) in [6.45, 7) is 0. The van der Waals surface area contributed by atoms with Gasteiger partial charge in [-0.15, -0.1) is 0 Å². The quantitative estimate of drug-likeness (QED) is 0.456. The number of hydrogen-bond donors (Lipinski definition) is 0. The Hall–Kier alpha value is -2.85. The summed E-state index contributed by atoms with van der Waals surface area (Å²) in [7, 11) is 0. The first-order chi connectivity index (χ1) is 12.3. The SMILES string of the molecule is Brc1ccnc(-c2ncccc2-c2ncccc2-c2ccccc2)c1. The fraction of sp³-hybridized carbons (Fsp3) is 0. The van der Waals surface area contributed by atoms with E-state index >= 15 is 0 Å². The Morgan fingerprint density at radius 1 is 0.600 bits per heavy atom. The van der Waals surface area contributed by atoms with Crippen molar-refractivity contribution in [3.05, 3.63) is 89.8 Å². The van der Waals surface area contributed by atoms with Gasteiger partial charge in [-0.25, -0.2) is 0 Å². The highest BCUT2D eigenvalue weighted by Gasteiger charge is 2.15. The number of halogens is 1. The van der Waals surface area contributed by atoms with Crippen molar-refractivity contribution in [1.82, 2.24) is 15.0 Å². The van der Waals surface area contributed by atoms with Crippen molar-refractivity contribution in [2.45, 2.75) is 0 Å². The van der Waals surface area contributed by atoms with Gasteiger partial charge in [-0.1, -0.05) is 52.3 Å². The van der Waals surface area contributed by atoms with Crippen molar-refractivity contribution < 1.29 is 0 Å². The van der Waals surface area contributed by atoms with Gasteiger partial charge in [0.2, 0.25) is 0 Å². The standard InChI is InChI=1S/C21H14BrN3/c22-16-10-13-23-19(14-16)21-18(9-5-12-25-21)20-17(8-4-11-24-20)15-6-2-1-3-7-15/h1-14H. The summed E-state index contributed by atoms with van der Waals surface area (Å²) in [6, 6.07) is 22.2. The third-order valence-electron chi connectivity index (χ3n) is 3.92. The molecule has 0 aliphatic carbocycles. The molecule has 3 nitrogen and oxygen atoms in total. The van der Waals surface area contributed by atoms with Crippen molar-refractivity contribution >= 4 is 15.9 Å². The van der Waals surface area contributed by atoms with Gasteiger partial charge in [-0.3, -0.25) is 15.0 Å². The molecule has 0 radical (unpaired) electrons. The molecular weight excluding hydrogens is 374 g/mol. The maximum atomic E-state index is 4.65. The van der Waals surface area contributed by atoms with Gasteiger partial charge in [0.25, 0.3) is 0 Å². The van der Waals surface area contributed by atoms with E-state index in [0.717, 1.165) is 38.2 Å². The summed E-state index contributed by atoms with van der Waals surface area (Å²) in [6.07, 6.45) is 5.37. The fourth-order valence-electron chi connectivity index (χ4n) is 2.81. The Morgan fingerprint density at radius 3 is 2.08 bits per heavy atom. The Kier molecular flexibility index (Phi) is 4.36. The lowest BCUT2D eigenvalue weighted by Crippen LogP contribution is -1.95. The van der Waals surface area contributed by atoms with E-state index in [4.69, 9.17) is 0 Å². The molecular formula is C21H14BrN3. The minimum Gasteiger partial charge on any atom is -0.256 e. The highest BCUT2D eigenvalue weighted by Crippen LogP contribution is 2.35. The van der Waals surface area contributed by atoms with Gasteiger partial charge in [-0.05, 0) is 35.9 Å². The van der Waals surface area contributed by atoms with E-state index in [1.807, 2.05) is 54.7 Å². The lowest BCUT2D eigenvalue weighted by atomic mass is 9.97. The van der Waals surface area contributed by atoms with E-state index in [2.05, 4.69) is 49.1 Å². The Bertz CT molecular complexity index is 1020. The molecule has 4 aromatic rings. The third-order valence-corrected chi connectivity index (χ3v) is 4.41. The first-order valence-electron chi connectivity index (χ1n) is 7.91. The van der Waals surface area contributed by atoms with Gasteiger partial charge in [0.1, 0.15) is 0 Å². The lowest BCUT2D eigenvalue weighted by Gasteiger charge is -2.12. The van der Waals surface area contributed by atoms with Gasteiger partial charge in [0.05, 0.1) is 17.1 Å². The molecule has 0 bridgehead atoms. The Morgan fingerprint density at radius 2 is 1.32 bits per heavy atom. The molecule has 0 unspecified atom stereocenters. The maximum Gasteiger partial charge on any atom is 0.0980 e. The zero-order chi connectivity index (χ0) is 17.1. The molecule has 0 saturated carbocycles.